The van der Waals surface area contributed by atoms with Gasteiger partial charge in [0.15, 0.2) is 0 Å². The minimum absolute atomic E-state index is 0.764. The van der Waals surface area contributed by atoms with Gasteiger partial charge in [-0.2, -0.15) is 0 Å². The molecular weight excluding hydrogens is 146 g/mol. The van der Waals surface area contributed by atoms with Crippen molar-refractivity contribution in [1.29, 1.82) is 0 Å². The van der Waals surface area contributed by atoms with Crippen LogP contribution in [-0.2, 0) is 6.42 Å². The molecule has 0 atom stereocenters. The Balaban J connectivity index is 2.23. The fraction of sp³-hybridized carbons (Fsp3) is 0.273. The maximum absolute atomic E-state index is 5.50. The average molecular weight is 159 g/mol. The molecule has 1 aliphatic carbocycles. The minimum Gasteiger partial charge on any atom is -0.330 e. The average Bonchev–Trinajstić information content (AvgIpc) is 2.47. The van der Waals surface area contributed by atoms with E-state index in [1.807, 2.05) is 0 Å². The van der Waals surface area contributed by atoms with Crippen LogP contribution in [0, 0.1) is 0 Å². The summed E-state index contributed by atoms with van der Waals surface area (Å²) in [5.41, 5.74) is 9.79. The van der Waals surface area contributed by atoms with Crippen molar-refractivity contribution < 1.29 is 0 Å². The molecule has 2 rings (SSSR count). The van der Waals surface area contributed by atoms with Crippen LogP contribution in [0.4, 0.5) is 0 Å². The Labute approximate surface area is 72.9 Å². The van der Waals surface area contributed by atoms with E-state index in [1.165, 1.54) is 16.7 Å². The Hall–Kier alpha value is -1.08. The maximum Gasteiger partial charge on any atom is -0.00397 e. The zero-order chi connectivity index (χ0) is 8.39. The molecule has 0 unspecified atom stereocenters. The third-order valence-electron chi connectivity index (χ3n) is 2.30. The van der Waals surface area contributed by atoms with Gasteiger partial charge in [-0.15, -0.1) is 0 Å². The van der Waals surface area contributed by atoms with Crippen molar-refractivity contribution >= 4 is 6.08 Å². The van der Waals surface area contributed by atoms with Crippen LogP contribution in [0.3, 0.4) is 0 Å². The fourth-order valence-electron chi connectivity index (χ4n) is 1.70. The quantitative estimate of drug-likeness (QED) is 0.701. The summed E-state index contributed by atoms with van der Waals surface area (Å²) in [7, 11) is 0. The predicted molar refractivity (Wildman–Crippen MR) is 51.8 cm³/mol. The summed E-state index contributed by atoms with van der Waals surface area (Å²) >= 11 is 0. The van der Waals surface area contributed by atoms with Gasteiger partial charge in [0.2, 0.25) is 0 Å². The lowest BCUT2D eigenvalue weighted by Gasteiger charge is -1.97. The molecule has 1 aromatic rings. The molecule has 0 amide bonds. The van der Waals surface area contributed by atoms with Crippen LogP contribution in [0.25, 0.3) is 6.08 Å². The maximum atomic E-state index is 5.50. The number of fused-ring (bicyclic) bond motifs is 1. The lowest BCUT2D eigenvalue weighted by Crippen LogP contribution is -1.99. The molecule has 12 heavy (non-hydrogen) atoms. The summed E-state index contributed by atoms with van der Waals surface area (Å²) in [5.74, 6) is 0. The highest BCUT2D eigenvalue weighted by Gasteiger charge is 2.09. The second kappa shape index (κ2) is 3.11. The highest BCUT2D eigenvalue weighted by atomic mass is 14.5. The highest BCUT2D eigenvalue weighted by Crippen LogP contribution is 2.25. The number of rotatable bonds is 2. The van der Waals surface area contributed by atoms with E-state index >= 15 is 0 Å². The van der Waals surface area contributed by atoms with Gasteiger partial charge in [-0.3, -0.25) is 0 Å². The number of nitrogens with two attached hydrogens (primary N) is 1. The first-order chi connectivity index (χ1) is 5.90. The Bertz CT molecular complexity index is 313. The molecule has 0 saturated carbocycles. The monoisotopic (exact) mass is 159 g/mol. The third-order valence-corrected chi connectivity index (χ3v) is 2.30. The van der Waals surface area contributed by atoms with E-state index < -0.39 is 0 Å². The molecule has 1 heteroatoms. The van der Waals surface area contributed by atoms with Crippen molar-refractivity contribution in [2.24, 2.45) is 5.73 Å². The van der Waals surface area contributed by atoms with Gasteiger partial charge >= 0.3 is 0 Å². The van der Waals surface area contributed by atoms with Crippen LogP contribution in [-0.4, -0.2) is 6.54 Å². The van der Waals surface area contributed by atoms with E-state index in [1.54, 1.807) is 0 Å². The van der Waals surface area contributed by atoms with Crippen molar-refractivity contribution in [2.75, 3.05) is 6.54 Å². The molecule has 0 aromatic heterocycles. The number of hydrogen-bond donors (Lipinski definition) is 1. The summed E-state index contributed by atoms with van der Waals surface area (Å²) in [6, 6.07) is 8.53. The first-order valence-corrected chi connectivity index (χ1v) is 4.37. The van der Waals surface area contributed by atoms with Crippen LogP contribution in [0.15, 0.2) is 29.8 Å². The molecule has 0 spiro atoms. The molecule has 0 aliphatic heterocycles. The normalized spacial score (nSPS) is 14.2. The van der Waals surface area contributed by atoms with Gasteiger partial charge in [0.25, 0.3) is 0 Å². The highest BCUT2D eigenvalue weighted by molar-refractivity contribution is 5.63. The molecule has 1 aromatic carbocycles. The molecule has 0 radical (unpaired) electrons. The molecule has 0 fully saturated rings. The molecule has 0 bridgehead atoms. The molecule has 0 saturated heterocycles. The Kier molecular flexibility index (Phi) is 1.96. The summed E-state index contributed by atoms with van der Waals surface area (Å²) in [5, 5.41) is 0. The van der Waals surface area contributed by atoms with Gasteiger partial charge in [0.1, 0.15) is 0 Å². The molecule has 62 valence electrons. The summed E-state index contributed by atoms with van der Waals surface area (Å²) in [6.07, 6.45) is 4.41. The van der Waals surface area contributed by atoms with E-state index in [2.05, 4.69) is 30.3 Å². The second-order valence-electron chi connectivity index (χ2n) is 3.22. The zero-order valence-corrected chi connectivity index (χ0v) is 7.09. The largest absolute Gasteiger partial charge is 0.330 e. The summed E-state index contributed by atoms with van der Waals surface area (Å²) < 4.78 is 0. The van der Waals surface area contributed by atoms with E-state index in [9.17, 15) is 0 Å². The predicted octanol–water partition coefficient (Wildman–Crippen LogP) is 1.97. The van der Waals surface area contributed by atoms with Crippen LogP contribution in [0.1, 0.15) is 17.5 Å². The van der Waals surface area contributed by atoms with E-state index in [4.69, 9.17) is 5.73 Å². The van der Waals surface area contributed by atoms with Crippen molar-refractivity contribution in [3.05, 3.63) is 41.0 Å². The summed E-state index contributed by atoms with van der Waals surface area (Å²) in [6.45, 7) is 0.764. The van der Waals surface area contributed by atoms with Crippen molar-refractivity contribution in [3.63, 3.8) is 0 Å². The lowest BCUT2D eigenvalue weighted by molar-refractivity contribution is 0.927. The van der Waals surface area contributed by atoms with Crippen molar-refractivity contribution in [2.45, 2.75) is 12.8 Å². The van der Waals surface area contributed by atoms with Crippen LogP contribution in [0.5, 0.6) is 0 Å². The Morgan fingerprint density at radius 1 is 1.25 bits per heavy atom. The van der Waals surface area contributed by atoms with Gasteiger partial charge in [0, 0.05) is 0 Å². The third kappa shape index (κ3) is 1.28. The van der Waals surface area contributed by atoms with E-state index in [-0.39, 0.29) is 0 Å². The van der Waals surface area contributed by atoms with Gasteiger partial charge in [0.05, 0.1) is 0 Å². The van der Waals surface area contributed by atoms with Gasteiger partial charge < -0.3 is 5.73 Å². The second-order valence-corrected chi connectivity index (χ2v) is 3.22. The molecular formula is C11H13N. The van der Waals surface area contributed by atoms with Crippen molar-refractivity contribution in [3.8, 4) is 0 Å². The molecule has 1 aliphatic rings. The zero-order valence-electron chi connectivity index (χ0n) is 7.09. The standard InChI is InChI=1S/C11H13N/c12-6-5-9-7-10-3-1-2-4-11(10)8-9/h1-4,7H,5-6,8,12H2. The molecule has 2 N–H and O–H groups in total. The van der Waals surface area contributed by atoms with Gasteiger partial charge in [-0.05, 0) is 30.5 Å². The van der Waals surface area contributed by atoms with Gasteiger partial charge in [-0.1, -0.05) is 35.9 Å². The summed E-state index contributed by atoms with van der Waals surface area (Å²) in [4.78, 5) is 0. The smallest absolute Gasteiger partial charge is 0.00397 e. The fourth-order valence-corrected chi connectivity index (χ4v) is 1.70. The van der Waals surface area contributed by atoms with Crippen LogP contribution < -0.4 is 5.73 Å². The lowest BCUT2D eigenvalue weighted by atomic mass is 10.1. The van der Waals surface area contributed by atoms with Crippen LogP contribution in [0.2, 0.25) is 0 Å². The van der Waals surface area contributed by atoms with Crippen LogP contribution >= 0.6 is 0 Å². The minimum atomic E-state index is 0.764. The van der Waals surface area contributed by atoms with E-state index in [0.717, 1.165) is 19.4 Å². The van der Waals surface area contributed by atoms with Gasteiger partial charge in [-0.25, -0.2) is 0 Å². The first-order valence-electron chi connectivity index (χ1n) is 4.37. The number of benzene rings is 1. The van der Waals surface area contributed by atoms with E-state index in [0.29, 0.717) is 0 Å². The van der Waals surface area contributed by atoms with Crippen molar-refractivity contribution in [1.82, 2.24) is 0 Å². The molecule has 0 heterocycles. The Morgan fingerprint density at radius 3 is 2.83 bits per heavy atom. The SMILES string of the molecule is NCCC1=Cc2ccccc2C1. The topological polar surface area (TPSA) is 26.0 Å². The molecule has 1 nitrogen and oxygen atoms in total. The number of hydrogen-bond acceptors (Lipinski definition) is 1. The first kappa shape index (κ1) is 7.56. The Morgan fingerprint density at radius 2 is 2.08 bits per heavy atom.